The van der Waals surface area contributed by atoms with Gasteiger partial charge in [0.05, 0.1) is 6.04 Å². The van der Waals surface area contributed by atoms with E-state index in [9.17, 15) is 18.8 Å². The first-order valence-corrected chi connectivity index (χ1v) is 21.2. The van der Waals surface area contributed by atoms with E-state index in [1.807, 2.05) is 13.0 Å². The van der Waals surface area contributed by atoms with Crippen LogP contribution in [0.25, 0.3) is 0 Å². The van der Waals surface area contributed by atoms with Crippen molar-refractivity contribution in [3.05, 3.63) is 98.8 Å². The molecule has 3 atom stereocenters. The van der Waals surface area contributed by atoms with Crippen LogP contribution in [-0.4, -0.2) is 63.3 Å². The number of nitrogens with zero attached hydrogens (tertiary/aromatic N) is 1. The van der Waals surface area contributed by atoms with Gasteiger partial charge in [0.15, 0.2) is 0 Å². The maximum Gasteiger partial charge on any atom is 0.407 e. The van der Waals surface area contributed by atoms with E-state index in [1.54, 1.807) is 75.2 Å². The molecular formula is C38H48Cl2FN3O5Si. The Morgan fingerprint density at radius 3 is 2.38 bits per heavy atom. The number of aryl methyl sites for hydroxylation is 1. The minimum Gasteiger partial charge on any atom is -0.444 e. The number of amides is 3. The van der Waals surface area contributed by atoms with Crippen molar-refractivity contribution < 1.29 is 28.2 Å². The van der Waals surface area contributed by atoms with Crippen molar-refractivity contribution in [2.75, 3.05) is 32.1 Å². The second-order valence-corrected chi connectivity index (χ2v) is 21.5. The normalized spacial score (nSPS) is 20.2. The number of ether oxygens (including phenoxy) is 2. The van der Waals surface area contributed by atoms with E-state index < -0.39 is 43.0 Å². The van der Waals surface area contributed by atoms with Gasteiger partial charge in [0.1, 0.15) is 16.8 Å². The average Bonchev–Trinajstić information content (AvgIpc) is 3.28. The molecule has 1 saturated heterocycles. The number of methoxy groups -OCH3 is 1. The summed E-state index contributed by atoms with van der Waals surface area (Å²) in [5.74, 6) is -1.77. The van der Waals surface area contributed by atoms with Crippen molar-refractivity contribution in [1.29, 1.82) is 0 Å². The molecule has 3 aromatic carbocycles. The molecule has 2 N–H and O–H groups in total. The first kappa shape index (κ1) is 39.3. The van der Waals surface area contributed by atoms with Gasteiger partial charge in [-0.15, -0.1) is 0 Å². The van der Waals surface area contributed by atoms with E-state index in [0.29, 0.717) is 32.4 Å². The number of carbonyl (C=O) groups excluding carboxylic acids is 3. The van der Waals surface area contributed by atoms with E-state index in [4.69, 9.17) is 32.7 Å². The number of anilines is 1. The van der Waals surface area contributed by atoms with E-state index in [1.165, 1.54) is 18.2 Å². The molecule has 50 heavy (non-hydrogen) atoms. The second-order valence-electron chi connectivity index (χ2n) is 15.0. The SMILES string of the molecule is COCC[Si](C)(C)C.Cc1ccc(F)cc1[C@H]1CC(=O)N(CCNC(=O)OC(C)(C)C)[C@@H](c2cccc(Cl)c2)[C@]12C(=O)Nc1cc(Cl)ccc12. The molecule has 0 unspecified atom stereocenters. The largest absolute Gasteiger partial charge is 0.444 e. The Kier molecular flexibility index (Phi) is 12.5. The van der Waals surface area contributed by atoms with Gasteiger partial charge < -0.3 is 25.0 Å². The number of alkyl carbamates (subject to hydrolysis) is 1. The smallest absolute Gasteiger partial charge is 0.407 e. The van der Waals surface area contributed by atoms with Crippen LogP contribution in [-0.2, 0) is 24.5 Å². The zero-order chi connectivity index (χ0) is 37.0. The van der Waals surface area contributed by atoms with Crippen molar-refractivity contribution >= 4 is 54.9 Å². The number of hydrogen-bond acceptors (Lipinski definition) is 5. The molecule has 2 heterocycles. The fraction of sp³-hybridized carbons (Fsp3) is 0.447. The Morgan fingerprint density at radius 1 is 1.06 bits per heavy atom. The van der Waals surface area contributed by atoms with Crippen LogP contribution >= 0.6 is 23.2 Å². The fourth-order valence-corrected chi connectivity index (χ4v) is 7.88. The van der Waals surface area contributed by atoms with Crippen LogP contribution in [0.3, 0.4) is 0 Å². The molecule has 12 heteroatoms. The van der Waals surface area contributed by atoms with Gasteiger partial charge in [-0.2, -0.15) is 0 Å². The summed E-state index contributed by atoms with van der Waals surface area (Å²) in [6.45, 7) is 15.3. The summed E-state index contributed by atoms with van der Waals surface area (Å²) >= 11 is 12.8. The number of hydrogen-bond donors (Lipinski definition) is 2. The molecule has 8 nitrogen and oxygen atoms in total. The van der Waals surface area contributed by atoms with Crippen LogP contribution in [0.15, 0.2) is 60.7 Å². The lowest BCUT2D eigenvalue weighted by molar-refractivity contribution is -0.145. The lowest BCUT2D eigenvalue weighted by Crippen LogP contribution is -2.59. The van der Waals surface area contributed by atoms with Crippen LogP contribution < -0.4 is 10.6 Å². The zero-order valence-corrected chi connectivity index (χ0v) is 32.6. The molecule has 3 amide bonds. The minimum atomic E-state index is -1.37. The lowest BCUT2D eigenvalue weighted by Gasteiger charge is -2.52. The minimum absolute atomic E-state index is 0.0662. The van der Waals surface area contributed by atoms with E-state index in [-0.39, 0.29) is 31.3 Å². The van der Waals surface area contributed by atoms with Gasteiger partial charge in [-0.1, -0.05) is 67.1 Å². The maximum atomic E-state index is 14.7. The van der Waals surface area contributed by atoms with Gasteiger partial charge >= 0.3 is 6.09 Å². The molecule has 0 saturated carbocycles. The lowest BCUT2D eigenvalue weighted by atomic mass is 9.58. The summed E-state index contributed by atoms with van der Waals surface area (Å²) in [5.41, 5.74) is 1.07. The molecule has 270 valence electrons. The Balaban J connectivity index is 0.000000627. The van der Waals surface area contributed by atoms with Crippen molar-refractivity contribution in [1.82, 2.24) is 10.2 Å². The highest BCUT2D eigenvalue weighted by molar-refractivity contribution is 6.76. The molecule has 0 aliphatic carbocycles. The highest BCUT2D eigenvalue weighted by Crippen LogP contribution is 2.60. The van der Waals surface area contributed by atoms with Crippen LogP contribution in [0.2, 0.25) is 35.7 Å². The number of rotatable bonds is 8. The van der Waals surface area contributed by atoms with E-state index >= 15 is 0 Å². The Bertz CT molecular complexity index is 1730. The summed E-state index contributed by atoms with van der Waals surface area (Å²) in [5, 5.41) is 6.59. The summed E-state index contributed by atoms with van der Waals surface area (Å²) < 4.78 is 25.1. The van der Waals surface area contributed by atoms with Gasteiger partial charge in [-0.05, 0) is 92.4 Å². The number of likely N-dealkylation sites (tertiary alicyclic amines) is 1. The van der Waals surface area contributed by atoms with Gasteiger partial charge in [0, 0.05) is 63.0 Å². The second kappa shape index (κ2) is 15.8. The van der Waals surface area contributed by atoms with Crippen LogP contribution in [0.1, 0.15) is 61.4 Å². The molecule has 0 aromatic heterocycles. The van der Waals surface area contributed by atoms with E-state index in [0.717, 1.165) is 12.2 Å². The molecule has 0 bridgehead atoms. The number of nitrogens with one attached hydrogen (secondary N) is 2. The summed E-state index contributed by atoms with van der Waals surface area (Å²) in [7, 11) is 0.961. The van der Waals surface area contributed by atoms with Gasteiger partial charge in [0.2, 0.25) is 11.8 Å². The van der Waals surface area contributed by atoms with Crippen molar-refractivity contribution in [3.8, 4) is 0 Å². The topological polar surface area (TPSA) is 97.0 Å². The number of piperidine rings is 1. The Morgan fingerprint density at radius 2 is 1.76 bits per heavy atom. The van der Waals surface area contributed by atoms with Crippen molar-refractivity contribution in [3.63, 3.8) is 0 Å². The summed E-state index contributed by atoms with van der Waals surface area (Å²) in [6, 6.07) is 17.1. The molecule has 2 aliphatic heterocycles. The molecule has 5 rings (SSSR count). The number of carbonyl (C=O) groups is 3. The third-order valence-corrected chi connectivity index (χ3v) is 11.1. The van der Waals surface area contributed by atoms with Gasteiger partial charge in [-0.25, -0.2) is 9.18 Å². The number of fused-ring (bicyclic) bond motifs is 2. The highest BCUT2D eigenvalue weighted by Gasteiger charge is 2.63. The van der Waals surface area contributed by atoms with Gasteiger partial charge in [0.25, 0.3) is 0 Å². The molecule has 1 fully saturated rings. The molecule has 1 spiro atoms. The molecule has 2 aliphatic rings. The quantitative estimate of drug-likeness (QED) is 0.225. The standard InChI is InChI=1S/C32H32Cl2FN3O4.C6H16OSi/c1-18-8-10-22(35)16-23(18)25-17-27(39)38(13-12-36-30(41)42-31(2,3)4)28(19-6-5-7-20(33)14-19)32(25)24-11-9-21(34)15-26(24)37-29(32)40;1-7-5-6-8(2,3)4/h5-11,14-16,25,28H,12-13,17H2,1-4H3,(H,36,41)(H,37,40);5-6H2,1-4H3/t25-,28+,32-;/m1./s1. The van der Waals surface area contributed by atoms with E-state index in [2.05, 4.69) is 30.3 Å². The third-order valence-electron chi connectivity index (χ3n) is 8.90. The maximum absolute atomic E-state index is 14.7. The fourth-order valence-electron chi connectivity index (χ4n) is 6.70. The Labute approximate surface area is 306 Å². The van der Waals surface area contributed by atoms with Gasteiger partial charge in [-0.3, -0.25) is 9.59 Å². The number of benzene rings is 3. The van der Waals surface area contributed by atoms with Crippen molar-refractivity contribution in [2.45, 2.75) is 82.8 Å². The van der Waals surface area contributed by atoms with Crippen LogP contribution in [0, 0.1) is 12.7 Å². The zero-order valence-electron chi connectivity index (χ0n) is 30.1. The predicted octanol–water partition coefficient (Wildman–Crippen LogP) is 8.88. The van der Waals surface area contributed by atoms with Crippen LogP contribution in [0.4, 0.5) is 14.9 Å². The molecular weight excluding hydrogens is 696 g/mol. The first-order chi connectivity index (χ1) is 23.4. The third kappa shape index (κ3) is 9.07. The molecule has 3 aromatic rings. The number of halogens is 3. The monoisotopic (exact) mass is 743 g/mol. The van der Waals surface area contributed by atoms with Crippen LogP contribution in [0.5, 0.6) is 0 Å². The molecule has 0 radical (unpaired) electrons. The highest BCUT2D eigenvalue weighted by atomic mass is 35.5. The predicted molar refractivity (Wildman–Crippen MR) is 200 cm³/mol. The summed E-state index contributed by atoms with van der Waals surface area (Å²) in [6.07, 6.45) is -0.684. The first-order valence-electron chi connectivity index (χ1n) is 16.8. The van der Waals surface area contributed by atoms with Crippen molar-refractivity contribution in [2.24, 2.45) is 0 Å². The Hall–Kier alpha value is -3.44. The summed E-state index contributed by atoms with van der Waals surface area (Å²) in [4.78, 5) is 42.5. The average molecular weight is 745 g/mol.